The molecule has 0 aliphatic heterocycles. The number of hydrogen-bond donors (Lipinski definition) is 3. The molecule has 6 nitrogen and oxygen atoms in total. The van der Waals surface area contributed by atoms with Gasteiger partial charge in [-0.3, -0.25) is 4.79 Å². The molecule has 3 amide bonds. The molecule has 3 rings (SSSR count). The predicted octanol–water partition coefficient (Wildman–Crippen LogP) is 5.86. The number of carbonyl (C=O) groups excluding carboxylic acids is 2. The molecule has 0 bridgehead atoms. The molecule has 2 N–H and O–H groups in total. The number of benzene rings is 3. The van der Waals surface area contributed by atoms with E-state index in [1.807, 2.05) is 0 Å². The maximum Gasteiger partial charge on any atom is 0.573 e. The van der Waals surface area contributed by atoms with Crippen molar-refractivity contribution in [3.63, 3.8) is 0 Å². The SMILES string of the molecule is O=C(Nc1ccc(N(S)C(=O)Nc2cccc(OC(F)(F)F)c2)cc1)c1ccccc1F. The van der Waals surface area contributed by atoms with E-state index in [-0.39, 0.29) is 11.3 Å². The standard InChI is InChI=1S/C21H15F4N3O3S/c22-18-7-2-1-6-17(18)19(29)26-13-8-10-15(11-9-13)28(32)20(30)27-14-4-3-5-16(12-14)31-21(23,24)25/h1-12,32H,(H,26,29)(H,27,30). The lowest BCUT2D eigenvalue weighted by atomic mass is 10.2. The maximum absolute atomic E-state index is 13.7. The Morgan fingerprint density at radius 3 is 2.22 bits per heavy atom. The normalized spacial score (nSPS) is 10.9. The molecule has 3 aromatic rings. The van der Waals surface area contributed by atoms with Crippen LogP contribution >= 0.6 is 12.8 Å². The topological polar surface area (TPSA) is 70.7 Å². The van der Waals surface area contributed by atoms with E-state index in [2.05, 4.69) is 28.2 Å². The fourth-order valence-electron chi connectivity index (χ4n) is 2.59. The summed E-state index contributed by atoms with van der Waals surface area (Å²) in [4.78, 5) is 24.5. The second kappa shape index (κ2) is 9.60. The van der Waals surface area contributed by atoms with Crippen LogP contribution in [0.5, 0.6) is 5.75 Å². The Labute approximate surface area is 185 Å². The fourth-order valence-corrected chi connectivity index (χ4v) is 2.78. The summed E-state index contributed by atoms with van der Waals surface area (Å²) in [6.07, 6.45) is -4.86. The zero-order valence-corrected chi connectivity index (χ0v) is 17.0. The minimum Gasteiger partial charge on any atom is -0.406 e. The molecule has 0 aliphatic rings. The van der Waals surface area contributed by atoms with Crippen molar-refractivity contribution in [2.75, 3.05) is 14.9 Å². The number of carbonyl (C=O) groups is 2. The third-order valence-electron chi connectivity index (χ3n) is 4.00. The lowest BCUT2D eigenvalue weighted by Gasteiger charge is -2.17. The van der Waals surface area contributed by atoms with Gasteiger partial charge in [0, 0.05) is 17.4 Å². The highest BCUT2D eigenvalue weighted by atomic mass is 32.1. The Hall–Kier alpha value is -3.73. The van der Waals surface area contributed by atoms with E-state index in [1.54, 1.807) is 0 Å². The van der Waals surface area contributed by atoms with Gasteiger partial charge in [0.25, 0.3) is 5.91 Å². The van der Waals surface area contributed by atoms with Crippen molar-refractivity contribution in [3.8, 4) is 5.75 Å². The first kappa shape index (κ1) is 22.9. The molecule has 0 saturated carbocycles. The number of anilines is 3. The smallest absolute Gasteiger partial charge is 0.406 e. The average Bonchev–Trinajstić information content (AvgIpc) is 2.73. The minimum absolute atomic E-state index is 0.0598. The number of halogens is 4. The van der Waals surface area contributed by atoms with Gasteiger partial charge in [-0.1, -0.05) is 31.0 Å². The van der Waals surface area contributed by atoms with Crippen LogP contribution in [0.2, 0.25) is 0 Å². The third-order valence-corrected chi connectivity index (χ3v) is 4.41. The summed E-state index contributed by atoms with van der Waals surface area (Å²) in [5.41, 5.74) is 0.589. The fraction of sp³-hybridized carbons (Fsp3) is 0.0476. The Morgan fingerprint density at radius 2 is 1.56 bits per heavy atom. The quantitative estimate of drug-likeness (QED) is 0.327. The van der Waals surface area contributed by atoms with Crippen molar-refractivity contribution >= 4 is 41.8 Å². The summed E-state index contributed by atoms with van der Waals surface area (Å²) in [5.74, 6) is -1.79. The third kappa shape index (κ3) is 6.14. The summed E-state index contributed by atoms with van der Waals surface area (Å²) in [6.45, 7) is 0. The summed E-state index contributed by atoms with van der Waals surface area (Å²) in [5, 5.41) is 4.92. The summed E-state index contributed by atoms with van der Waals surface area (Å²) in [7, 11) is 0. The monoisotopic (exact) mass is 465 g/mol. The van der Waals surface area contributed by atoms with Crippen molar-refractivity contribution in [1.82, 2.24) is 0 Å². The number of thiol groups is 1. The minimum atomic E-state index is -4.86. The first-order valence-electron chi connectivity index (χ1n) is 8.94. The second-order valence-electron chi connectivity index (χ2n) is 6.30. The second-order valence-corrected chi connectivity index (χ2v) is 6.70. The van der Waals surface area contributed by atoms with Gasteiger partial charge in [-0.05, 0) is 48.5 Å². The van der Waals surface area contributed by atoms with E-state index >= 15 is 0 Å². The number of nitrogens with zero attached hydrogens (tertiary/aromatic N) is 1. The average molecular weight is 465 g/mol. The Balaban J connectivity index is 1.63. The molecule has 3 aromatic carbocycles. The molecule has 0 heterocycles. The van der Waals surface area contributed by atoms with Crippen LogP contribution in [0.15, 0.2) is 72.8 Å². The zero-order chi connectivity index (χ0) is 23.3. The van der Waals surface area contributed by atoms with Crippen molar-refractivity contribution in [2.24, 2.45) is 0 Å². The van der Waals surface area contributed by atoms with Crippen LogP contribution in [-0.4, -0.2) is 18.3 Å². The van der Waals surface area contributed by atoms with E-state index in [0.29, 0.717) is 11.4 Å². The zero-order valence-electron chi connectivity index (χ0n) is 16.1. The highest BCUT2D eigenvalue weighted by Crippen LogP contribution is 2.26. The van der Waals surface area contributed by atoms with Crippen LogP contribution in [0.4, 0.5) is 39.4 Å². The lowest BCUT2D eigenvalue weighted by molar-refractivity contribution is -0.274. The molecule has 166 valence electrons. The van der Waals surface area contributed by atoms with Crippen LogP contribution in [0.3, 0.4) is 0 Å². The molecule has 11 heteroatoms. The number of ether oxygens (including phenoxy) is 1. The summed E-state index contributed by atoms with van der Waals surface area (Å²) >= 11 is 4.09. The van der Waals surface area contributed by atoms with Gasteiger partial charge >= 0.3 is 12.4 Å². The molecular formula is C21H15F4N3O3S. The van der Waals surface area contributed by atoms with E-state index in [9.17, 15) is 27.2 Å². The van der Waals surface area contributed by atoms with Crippen molar-refractivity contribution in [2.45, 2.75) is 6.36 Å². The summed E-state index contributed by atoms with van der Waals surface area (Å²) in [6, 6.07) is 15.4. The Kier molecular flexibility index (Phi) is 6.89. The van der Waals surface area contributed by atoms with Crippen molar-refractivity contribution in [1.29, 1.82) is 0 Å². The number of urea groups is 1. The predicted molar refractivity (Wildman–Crippen MR) is 114 cm³/mol. The Morgan fingerprint density at radius 1 is 0.875 bits per heavy atom. The summed E-state index contributed by atoms with van der Waals surface area (Å²) < 4.78 is 55.4. The number of alkyl halides is 3. The number of amides is 3. The lowest BCUT2D eigenvalue weighted by Crippen LogP contribution is -2.26. The van der Waals surface area contributed by atoms with Gasteiger partial charge in [0.2, 0.25) is 0 Å². The molecule has 0 radical (unpaired) electrons. The van der Waals surface area contributed by atoms with Gasteiger partial charge in [-0.2, -0.15) is 0 Å². The molecule has 32 heavy (non-hydrogen) atoms. The first-order valence-corrected chi connectivity index (χ1v) is 9.34. The van der Waals surface area contributed by atoms with Crippen LogP contribution in [-0.2, 0) is 0 Å². The van der Waals surface area contributed by atoms with Gasteiger partial charge < -0.3 is 15.4 Å². The van der Waals surface area contributed by atoms with Gasteiger partial charge in [-0.25, -0.2) is 13.5 Å². The van der Waals surface area contributed by atoms with E-state index in [4.69, 9.17) is 0 Å². The maximum atomic E-state index is 13.7. The van der Waals surface area contributed by atoms with Crippen molar-refractivity contribution in [3.05, 3.63) is 84.2 Å². The number of nitrogens with one attached hydrogen (secondary N) is 2. The van der Waals surface area contributed by atoms with Crippen LogP contribution in [0.1, 0.15) is 10.4 Å². The van der Waals surface area contributed by atoms with Gasteiger partial charge in [0.05, 0.1) is 11.3 Å². The molecular weight excluding hydrogens is 450 g/mol. The molecule has 0 fully saturated rings. The number of hydrogen-bond acceptors (Lipinski definition) is 4. The molecule has 0 atom stereocenters. The molecule has 0 saturated heterocycles. The van der Waals surface area contributed by atoms with E-state index in [1.165, 1.54) is 60.7 Å². The highest BCUT2D eigenvalue weighted by Gasteiger charge is 2.31. The van der Waals surface area contributed by atoms with Crippen LogP contribution < -0.4 is 19.7 Å². The largest absolute Gasteiger partial charge is 0.573 e. The first-order chi connectivity index (χ1) is 15.1. The van der Waals surface area contributed by atoms with Gasteiger partial charge in [0.15, 0.2) is 0 Å². The molecule has 0 unspecified atom stereocenters. The van der Waals surface area contributed by atoms with Crippen LogP contribution in [0.25, 0.3) is 0 Å². The van der Waals surface area contributed by atoms with E-state index < -0.39 is 29.9 Å². The van der Waals surface area contributed by atoms with E-state index in [0.717, 1.165) is 16.4 Å². The van der Waals surface area contributed by atoms with Crippen LogP contribution in [0, 0.1) is 5.82 Å². The van der Waals surface area contributed by atoms with Gasteiger partial charge in [-0.15, -0.1) is 13.2 Å². The molecule has 0 aliphatic carbocycles. The number of rotatable bonds is 5. The highest BCUT2D eigenvalue weighted by molar-refractivity contribution is 7.82. The molecule has 0 spiro atoms. The Bertz CT molecular complexity index is 1120. The van der Waals surface area contributed by atoms with Gasteiger partial charge in [0.1, 0.15) is 11.6 Å². The molecule has 0 aromatic heterocycles. The van der Waals surface area contributed by atoms with Crippen molar-refractivity contribution < 1.29 is 31.9 Å².